The third-order valence-electron chi connectivity index (χ3n) is 3.96. The normalized spacial score (nSPS) is 11.3. The Morgan fingerprint density at radius 2 is 0.783 bits per heavy atom. The maximum absolute atomic E-state index is 8.50. The summed E-state index contributed by atoms with van der Waals surface area (Å²) < 4.78 is 0. The van der Waals surface area contributed by atoms with E-state index in [1.165, 1.54) is 21.5 Å². The number of fused-ring (bicyclic) bond motifs is 2. The quantitative estimate of drug-likeness (QED) is 0.555. The predicted octanol–water partition coefficient (Wildman–Crippen LogP) is 1.93. The fourth-order valence-electron chi connectivity index (χ4n) is 2.18. The zero-order valence-electron chi connectivity index (χ0n) is 12.9. The van der Waals surface area contributed by atoms with Crippen molar-refractivity contribution in [3.63, 3.8) is 0 Å². The Morgan fingerprint density at radius 3 is 0.957 bits per heavy atom. The molecule has 23 heavy (non-hydrogen) atoms. The van der Waals surface area contributed by atoms with Crippen LogP contribution >= 0.6 is 0 Å². The average Bonchev–Trinajstić information content (AvgIpc) is 2.63. The number of benzene rings is 3. The van der Waals surface area contributed by atoms with Gasteiger partial charge in [0.05, 0.1) is 31.8 Å². The van der Waals surface area contributed by atoms with Crippen molar-refractivity contribution >= 4 is 21.5 Å². The third-order valence-corrected chi connectivity index (χ3v) is 3.96. The zero-order valence-corrected chi connectivity index (χ0v) is 12.9. The summed E-state index contributed by atoms with van der Waals surface area (Å²) >= 11 is 0. The fraction of sp³-hybridized carbons (Fsp3) is 0.263. The van der Waals surface area contributed by atoms with E-state index in [9.17, 15) is 0 Å². The highest BCUT2D eigenvalue weighted by atomic mass is 16.3. The first-order valence-electron chi connectivity index (χ1n) is 7.49. The molecule has 0 radical (unpaired) electrons. The lowest BCUT2D eigenvalue weighted by Gasteiger charge is -2.23. The van der Waals surface area contributed by atoms with Crippen molar-refractivity contribution < 1.29 is 20.4 Å². The lowest BCUT2D eigenvalue weighted by molar-refractivity contribution is -0.0328. The van der Waals surface area contributed by atoms with Crippen LogP contribution in [0.25, 0.3) is 21.5 Å². The van der Waals surface area contributed by atoms with E-state index in [4.69, 9.17) is 20.4 Å². The molecule has 0 fully saturated rings. The molecule has 0 aromatic heterocycles. The van der Waals surface area contributed by atoms with E-state index in [2.05, 4.69) is 60.7 Å². The molecule has 4 heteroatoms. The summed E-state index contributed by atoms with van der Waals surface area (Å²) in [5.74, 6) is 0. The number of hydrogen-bond donors (Lipinski definition) is 4. The minimum absolute atomic E-state index is 0.406. The molecule has 0 aliphatic heterocycles. The van der Waals surface area contributed by atoms with Crippen molar-refractivity contribution in [1.29, 1.82) is 0 Å². The van der Waals surface area contributed by atoms with Crippen LogP contribution in [0.2, 0.25) is 0 Å². The van der Waals surface area contributed by atoms with Gasteiger partial charge in [-0.3, -0.25) is 0 Å². The minimum Gasteiger partial charge on any atom is -0.396 e. The summed E-state index contributed by atoms with van der Waals surface area (Å²) in [5.41, 5.74) is -1.11. The Bertz CT molecular complexity index is 628. The second-order valence-electron chi connectivity index (χ2n) is 5.68. The van der Waals surface area contributed by atoms with Crippen molar-refractivity contribution in [3.05, 3.63) is 60.7 Å². The van der Waals surface area contributed by atoms with Gasteiger partial charge in [0.25, 0.3) is 0 Å². The molecule has 4 N–H and O–H groups in total. The summed E-state index contributed by atoms with van der Waals surface area (Å²) in [6.45, 7) is -1.62. The van der Waals surface area contributed by atoms with Gasteiger partial charge in [0.1, 0.15) is 0 Å². The van der Waals surface area contributed by atoms with E-state index in [0.29, 0.717) is 0 Å². The van der Waals surface area contributed by atoms with E-state index in [1.807, 2.05) is 0 Å². The fourth-order valence-corrected chi connectivity index (χ4v) is 2.18. The lowest BCUT2D eigenvalue weighted by atomic mass is 9.93. The maximum atomic E-state index is 8.50. The van der Waals surface area contributed by atoms with Gasteiger partial charge in [0.15, 0.2) is 0 Å². The van der Waals surface area contributed by atoms with Gasteiger partial charge in [-0.05, 0) is 33.7 Å². The largest absolute Gasteiger partial charge is 0.396 e. The lowest BCUT2D eigenvalue weighted by Crippen LogP contribution is -2.37. The number of rotatable bonds is 4. The van der Waals surface area contributed by atoms with Crippen molar-refractivity contribution in [1.82, 2.24) is 0 Å². The van der Waals surface area contributed by atoms with Crippen LogP contribution in [-0.4, -0.2) is 46.9 Å². The van der Waals surface area contributed by atoms with Crippen LogP contribution in [0, 0.1) is 5.41 Å². The molecule has 0 saturated carbocycles. The number of aliphatic hydroxyl groups excluding tert-OH is 4. The SMILES string of the molecule is OCC(CO)(CO)CO.c1ccc2cc3ccccc3cc2c1. The summed E-state index contributed by atoms with van der Waals surface area (Å²) in [6.07, 6.45) is 0. The molecule has 0 aliphatic carbocycles. The second-order valence-corrected chi connectivity index (χ2v) is 5.68. The Morgan fingerprint density at radius 1 is 0.522 bits per heavy atom. The molecule has 3 aromatic rings. The molecule has 3 rings (SSSR count). The van der Waals surface area contributed by atoms with E-state index in [1.54, 1.807) is 0 Å². The highest BCUT2D eigenvalue weighted by Gasteiger charge is 2.26. The zero-order chi connectivity index (χ0) is 16.7. The Balaban J connectivity index is 0.000000188. The molecular formula is C19H22O4. The van der Waals surface area contributed by atoms with E-state index in [0.717, 1.165) is 0 Å². The monoisotopic (exact) mass is 314 g/mol. The van der Waals surface area contributed by atoms with E-state index < -0.39 is 31.8 Å². The molecule has 3 aromatic carbocycles. The summed E-state index contributed by atoms with van der Waals surface area (Å²) in [5, 5.41) is 39.2. The van der Waals surface area contributed by atoms with Crippen LogP contribution < -0.4 is 0 Å². The molecule has 122 valence electrons. The molecule has 0 aliphatic rings. The smallest absolute Gasteiger partial charge is 0.0627 e. The molecule has 0 atom stereocenters. The molecule has 0 bridgehead atoms. The molecule has 0 heterocycles. The highest BCUT2D eigenvalue weighted by molar-refractivity contribution is 5.98. The summed E-state index contributed by atoms with van der Waals surface area (Å²) in [7, 11) is 0. The molecule has 0 saturated heterocycles. The van der Waals surface area contributed by atoms with Gasteiger partial charge in [-0.1, -0.05) is 48.5 Å². The van der Waals surface area contributed by atoms with Gasteiger partial charge in [0, 0.05) is 0 Å². The molecule has 4 nitrogen and oxygen atoms in total. The van der Waals surface area contributed by atoms with Crippen molar-refractivity contribution in [2.45, 2.75) is 0 Å². The van der Waals surface area contributed by atoms with E-state index in [-0.39, 0.29) is 0 Å². The third kappa shape index (κ3) is 4.06. The number of aliphatic hydroxyl groups is 4. The molecule has 0 amide bonds. The molecule has 0 unspecified atom stereocenters. The first kappa shape index (κ1) is 17.4. The first-order valence-corrected chi connectivity index (χ1v) is 7.49. The van der Waals surface area contributed by atoms with Gasteiger partial charge < -0.3 is 20.4 Å². The standard InChI is InChI=1S/C14H10.C5H12O4/c1-2-6-12-10-14-8-4-3-7-13(14)9-11(12)5-1;6-1-5(2-7,3-8)4-9/h1-10H;6-9H,1-4H2. The van der Waals surface area contributed by atoms with Crippen LogP contribution in [0.3, 0.4) is 0 Å². The van der Waals surface area contributed by atoms with Crippen molar-refractivity contribution in [3.8, 4) is 0 Å². The van der Waals surface area contributed by atoms with Crippen LogP contribution in [0.1, 0.15) is 0 Å². The van der Waals surface area contributed by atoms with Crippen LogP contribution in [0.15, 0.2) is 60.7 Å². The van der Waals surface area contributed by atoms with Gasteiger partial charge in [-0.25, -0.2) is 0 Å². The Labute approximate surface area is 135 Å². The maximum Gasteiger partial charge on any atom is 0.0627 e. The van der Waals surface area contributed by atoms with Crippen LogP contribution in [0.5, 0.6) is 0 Å². The number of hydrogen-bond acceptors (Lipinski definition) is 4. The highest BCUT2D eigenvalue weighted by Crippen LogP contribution is 2.22. The van der Waals surface area contributed by atoms with Gasteiger partial charge in [-0.15, -0.1) is 0 Å². The van der Waals surface area contributed by atoms with Gasteiger partial charge in [-0.2, -0.15) is 0 Å². The topological polar surface area (TPSA) is 80.9 Å². The molecule has 0 spiro atoms. The average molecular weight is 314 g/mol. The van der Waals surface area contributed by atoms with Crippen molar-refractivity contribution in [2.75, 3.05) is 26.4 Å². The molecular weight excluding hydrogens is 292 g/mol. The summed E-state index contributed by atoms with van der Waals surface area (Å²) in [4.78, 5) is 0. The Hall–Kier alpha value is -1.98. The van der Waals surface area contributed by atoms with Crippen LogP contribution in [0.4, 0.5) is 0 Å². The van der Waals surface area contributed by atoms with Crippen molar-refractivity contribution in [2.24, 2.45) is 5.41 Å². The Kier molecular flexibility index (Phi) is 6.07. The van der Waals surface area contributed by atoms with Gasteiger partial charge in [0.2, 0.25) is 0 Å². The predicted molar refractivity (Wildman–Crippen MR) is 92.2 cm³/mol. The summed E-state index contributed by atoms with van der Waals surface area (Å²) in [6, 6.07) is 21.4. The minimum atomic E-state index is -1.11. The first-order chi connectivity index (χ1) is 11.2. The van der Waals surface area contributed by atoms with Gasteiger partial charge >= 0.3 is 0 Å². The second kappa shape index (κ2) is 8.04. The van der Waals surface area contributed by atoms with Crippen LogP contribution in [-0.2, 0) is 0 Å². The van der Waals surface area contributed by atoms with E-state index >= 15 is 0 Å².